The standard InChI is InChI=1S/C10H19N2/c1-4-5-11-6-8-12(9-7-11)10(2)3/h4-5,10H,1,6-9H2,2-3H3. The molecule has 69 valence electrons. The Morgan fingerprint density at radius 1 is 1.17 bits per heavy atom. The van der Waals surface area contributed by atoms with Gasteiger partial charge >= 0.3 is 0 Å². The molecule has 1 radical (unpaired) electrons. The van der Waals surface area contributed by atoms with Crippen molar-refractivity contribution >= 4 is 0 Å². The van der Waals surface area contributed by atoms with Crippen LogP contribution in [-0.2, 0) is 0 Å². The van der Waals surface area contributed by atoms with Crippen LogP contribution < -0.4 is 0 Å². The van der Waals surface area contributed by atoms with Crippen LogP contribution in [0.3, 0.4) is 0 Å². The first kappa shape index (κ1) is 9.75. The van der Waals surface area contributed by atoms with Crippen molar-refractivity contribution in [3.05, 3.63) is 19.2 Å². The van der Waals surface area contributed by atoms with E-state index in [9.17, 15) is 0 Å². The average Bonchev–Trinajstić information content (AvgIpc) is 2.06. The lowest BCUT2D eigenvalue weighted by molar-refractivity contribution is 0.130. The van der Waals surface area contributed by atoms with Crippen molar-refractivity contribution in [2.24, 2.45) is 0 Å². The van der Waals surface area contributed by atoms with E-state index in [2.05, 4.69) is 36.8 Å². The van der Waals surface area contributed by atoms with E-state index in [1.165, 1.54) is 13.1 Å². The van der Waals surface area contributed by atoms with Gasteiger partial charge in [-0.2, -0.15) is 0 Å². The predicted octanol–water partition coefficient (Wildman–Crippen LogP) is 1.36. The maximum Gasteiger partial charge on any atom is 0.0468 e. The van der Waals surface area contributed by atoms with Gasteiger partial charge in [-0.25, -0.2) is 0 Å². The maximum absolute atomic E-state index is 3.70. The minimum absolute atomic E-state index is 0.691. The summed E-state index contributed by atoms with van der Waals surface area (Å²) >= 11 is 0. The van der Waals surface area contributed by atoms with Crippen LogP contribution in [0.15, 0.2) is 12.7 Å². The summed E-state index contributed by atoms with van der Waals surface area (Å²) in [5.74, 6) is 0. The molecule has 1 fully saturated rings. The van der Waals surface area contributed by atoms with Crippen LogP contribution in [0.2, 0.25) is 0 Å². The molecule has 0 spiro atoms. The normalized spacial score (nSPS) is 21.6. The molecular formula is C10H19N2. The van der Waals surface area contributed by atoms with Crippen LogP contribution in [0.5, 0.6) is 0 Å². The Bertz CT molecular complexity index is 135. The van der Waals surface area contributed by atoms with Crippen molar-refractivity contribution < 1.29 is 0 Å². The Balaban J connectivity index is 2.24. The Morgan fingerprint density at radius 2 is 1.75 bits per heavy atom. The van der Waals surface area contributed by atoms with Crippen molar-refractivity contribution in [1.29, 1.82) is 0 Å². The lowest BCUT2D eigenvalue weighted by Gasteiger charge is -2.36. The second kappa shape index (κ2) is 4.63. The molecule has 0 saturated carbocycles. The summed E-state index contributed by atoms with van der Waals surface area (Å²) in [5, 5.41) is 0. The predicted molar refractivity (Wildman–Crippen MR) is 52.8 cm³/mol. The second-order valence-corrected chi connectivity index (χ2v) is 3.55. The van der Waals surface area contributed by atoms with E-state index in [0.717, 1.165) is 13.1 Å². The SMILES string of the molecule is C=C[CH]N1CCN(C(C)C)CC1. The Hall–Kier alpha value is -0.340. The Kier molecular flexibility index (Phi) is 3.76. The molecule has 1 aliphatic rings. The fourth-order valence-electron chi connectivity index (χ4n) is 1.55. The lowest BCUT2D eigenvalue weighted by atomic mass is 10.2. The van der Waals surface area contributed by atoms with E-state index in [1.54, 1.807) is 0 Å². The van der Waals surface area contributed by atoms with Gasteiger partial charge in [0.15, 0.2) is 0 Å². The molecule has 0 aliphatic carbocycles. The summed E-state index contributed by atoms with van der Waals surface area (Å²) in [7, 11) is 0. The number of hydrogen-bond donors (Lipinski definition) is 0. The van der Waals surface area contributed by atoms with Gasteiger partial charge in [-0.3, -0.25) is 9.80 Å². The smallest absolute Gasteiger partial charge is 0.0468 e. The molecule has 1 rings (SSSR count). The van der Waals surface area contributed by atoms with Crippen LogP contribution in [0, 0.1) is 6.54 Å². The molecule has 2 heteroatoms. The van der Waals surface area contributed by atoms with Crippen molar-refractivity contribution in [3.8, 4) is 0 Å². The van der Waals surface area contributed by atoms with Crippen molar-refractivity contribution in [1.82, 2.24) is 9.80 Å². The highest BCUT2D eigenvalue weighted by Gasteiger charge is 2.17. The molecule has 0 amide bonds. The highest BCUT2D eigenvalue weighted by atomic mass is 15.3. The molecule has 1 aliphatic heterocycles. The first-order valence-corrected chi connectivity index (χ1v) is 4.68. The molecule has 0 aromatic carbocycles. The third-order valence-electron chi connectivity index (χ3n) is 2.40. The minimum atomic E-state index is 0.691. The molecule has 0 aromatic heterocycles. The van der Waals surface area contributed by atoms with Gasteiger partial charge in [0.1, 0.15) is 0 Å². The number of nitrogens with zero attached hydrogens (tertiary/aromatic N) is 2. The van der Waals surface area contributed by atoms with Gasteiger partial charge in [0, 0.05) is 38.8 Å². The molecule has 2 nitrogen and oxygen atoms in total. The van der Waals surface area contributed by atoms with Crippen LogP contribution in [0.1, 0.15) is 13.8 Å². The van der Waals surface area contributed by atoms with E-state index in [1.807, 2.05) is 6.08 Å². The Labute approximate surface area is 75.8 Å². The van der Waals surface area contributed by atoms with E-state index >= 15 is 0 Å². The number of rotatable bonds is 3. The highest BCUT2D eigenvalue weighted by Crippen LogP contribution is 2.06. The Morgan fingerprint density at radius 3 is 2.17 bits per heavy atom. The minimum Gasteiger partial charge on any atom is -0.298 e. The van der Waals surface area contributed by atoms with Gasteiger partial charge in [-0.1, -0.05) is 6.08 Å². The van der Waals surface area contributed by atoms with Crippen LogP contribution >= 0.6 is 0 Å². The van der Waals surface area contributed by atoms with Gasteiger partial charge in [0.2, 0.25) is 0 Å². The van der Waals surface area contributed by atoms with Gasteiger partial charge in [-0.05, 0) is 13.8 Å². The summed E-state index contributed by atoms with van der Waals surface area (Å²) in [5.41, 5.74) is 0. The molecule has 0 atom stereocenters. The average molecular weight is 167 g/mol. The quantitative estimate of drug-likeness (QED) is 0.626. The summed E-state index contributed by atoms with van der Waals surface area (Å²) in [6, 6.07) is 0.691. The van der Waals surface area contributed by atoms with Gasteiger partial charge in [-0.15, -0.1) is 6.58 Å². The zero-order chi connectivity index (χ0) is 8.97. The third-order valence-corrected chi connectivity index (χ3v) is 2.40. The first-order chi connectivity index (χ1) is 5.74. The molecule has 0 N–H and O–H groups in total. The molecule has 1 saturated heterocycles. The molecule has 0 unspecified atom stereocenters. The van der Waals surface area contributed by atoms with Gasteiger partial charge in [0.25, 0.3) is 0 Å². The molecular weight excluding hydrogens is 148 g/mol. The van der Waals surface area contributed by atoms with E-state index in [4.69, 9.17) is 0 Å². The fraction of sp³-hybridized carbons (Fsp3) is 0.700. The number of piperazine rings is 1. The highest BCUT2D eigenvalue weighted by molar-refractivity contribution is 4.89. The molecule has 1 heterocycles. The zero-order valence-corrected chi connectivity index (χ0v) is 8.16. The summed E-state index contributed by atoms with van der Waals surface area (Å²) in [6.45, 7) is 14.9. The largest absolute Gasteiger partial charge is 0.298 e. The molecule has 12 heavy (non-hydrogen) atoms. The van der Waals surface area contributed by atoms with Crippen LogP contribution in [0.4, 0.5) is 0 Å². The van der Waals surface area contributed by atoms with E-state index in [-0.39, 0.29) is 0 Å². The van der Waals surface area contributed by atoms with Crippen molar-refractivity contribution in [3.63, 3.8) is 0 Å². The second-order valence-electron chi connectivity index (χ2n) is 3.55. The summed E-state index contributed by atoms with van der Waals surface area (Å²) in [6.07, 6.45) is 1.87. The fourth-order valence-corrected chi connectivity index (χ4v) is 1.55. The van der Waals surface area contributed by atoms with E-state index in [0.29, 0.717) is 6.04 Å². The topological polar surface area (TPSA) is 6.48 Å². The summed E-state index contributed by atoms with van der Waals surface area (Å²) in [4.78, 5) is 4.83. The van der Waals surface area contributed by atoms with Crippen molar-refractivity contribution in [2.45, 2.75) is 19.9 Å². The number of hydrogen-bond acceptors (Lipinski definition) is 2. The van der Waals surface area contributed by atoms with Gasteiger partial charge in [0.05, 0.1) is 0 Å². The third kappa shape index (κ3) is 2.61. The van der Waals surface area contributed by atoms with Crippen LogP contribution in [-0.4, -0.2) is 42.0 Å². The molecule has 0 bridgehead atoms. The van der Waals surface area contributed by atoms with Crippen molar-refractivity contribution in [2.75, 3.05) is 26.2 Å². The maximum atomic E-state index is 3.70. The van der Waals surface area contributed by atoms with E-state index < -0.39 is 0 Å². The monoisotopic (exact) mass is 167 g/mol. The van der Waals surface area contributed by atoms with Gasteiger partial charge < -0.3 is 0 Å². The first-order valence-electron chi connectivity index (χ1n) is 4.68. The zero-order valence-electron chi connectivity index (χ0n) is 8.16. The summed E-state index contributed by atoms with van der Waals surface area (Å²) < 4.78 is 0. The molecule has 0 aromatic rings. The van der Waals surface area contributed by atoms with Crippen LogP contribution in [0.25, 0.3) is 0 Å². The lowest BCUT2D eigenvalue weighted by Crippen LogP contribution is -2.47.